The topological polar surface area (TPSA) is 12.4 Å². The minimum Gasteiger partial charge on any atom is -0.194 e. The molecule has 0 aromatic heterocycles. The molecule has 1 rings (SSSR count). The minimum atomic E-state index is 0.987. The maximum atomic E-state index is 4.66. The molecule has 0 bridgehead atoms. The van der Waals surface area contributed by atoms with Crippen LogP contribution in [-0.2, 0) is 0 Å². The fourth-order valence-corrected chi connectivity index (χ4v) is 1.78. The summed E-state index contributed by atoms with van der Waals surface area (Å²) in [6, 6.07) is 0. The van der Waals surface area contributed by atoms with Crippen LogP contribution in [0.1, 0.15) is 27.8 Å². The van der Waals surface area contributed by atoms with E-state index in [1.807, 2.05) is 0 Å². The van der Waals surface area contributed by atoms with Gasteiger partial charge in [0.05, 0.1) is 10.8 Å². The van der Waals surface area contributed by atoms with Crippen molar-refractivity contribution in [1.29, 1.82) is 0 Å². The first kappa shape index (κ1) is 11.1. The average molecular weight is 205 g/mol. The van der Waals surface area contributed by atoms with Crippen molar-refractivity contribution in [3.8, 4) is 0 Å². The highest BCUT2D eigenvalue weighted by Gasteiger charge is 2.10. The van der Waals surface area contributed by atoms with Gasteiger partial charge in [-0.05, 0) is 74.7 Å². The van der Waals surface area contributed by atoms with Gasteiger partial charge >= 0.3 is 0 Å². The van der Waals surface area contributed by atoms with Crippen molar-refractivity contribution in [2.75, 3.05) is 0 Å². The molecule has 1 nitrogen and oxygen atoms in total. The van der Waals surface area contributed by atoms with E-state index in [9.17, 15) is 0 Å². The van der Waals surface area contributed by atoms with E-state index < -0.39 is 0 Å². The van der Waals surface area contributed by atoms with E-state index in [1.54, 1.807) is 0 Å². The largest absolute Gasteiger partial charge is 0.194 e. The molecule has 0 heterocycles. The molecule has 0 radical (unpaired) electrons. The van der Waals surface area contributed by atoms with Gasteiger partial charge in [0.15, 0.2) is 0 Å². The summed E-state index contributed by atoms with van der Waals surface area (Å²) in [6.07, 6.45) is 0. The van der Waals surface area contributed by atoms with Crippen molar-refractivity contribution in [3.05, 3.63) is 27.8 Å². The molecule has 0 aliphatic carbocycles. The van der Waals surface area contributed by atoms with Crippen LogP contribution in [0.4, 0.5) is 5.69 Å². The number of nitrogens with zero attached hydrogens (tertiary/aromatic N) is 1. The summed E-state index contributed by atoms with van der Waals surface area (Å²) < 4.78 is 0. The lowest BCUT2D eigenvalue weighted by Crippen LogP contribution is -1.95. The van der Waals surface area contributed by atoms with E-state index in [-0.39, 0.29) is 0 Å². The zero-order valence-corrected chi connectivity index (χ0v) is 10.2. The predicted molar refractivity (Wildman–Crippen MR) is 64.8 cm³/mol. The molecule has 1 aromatic carbocycles. The zero-order chi connectivity index (χ0) is 10.9. The molecule has 0 amide bonds. The van der Waals surface area contributed by atoms with Gasteiger partial charge in [0.2, 0.25) is 0 Å². The van der Waals surface area contributed by atoms with E-state index in [0.29, 0.717) is 0 Å². The normalized spacial score (nSPS) is 9.79. The lowest BCUT2D eigenvalue weighted by molar-refractivity contribution is 1.17. The monoisotopic (exact) mass is 205 g/mol. The maximum absolute atomic E-state index is 4.66. The van der Waals surface area contributed by atoms with E-state index in [0.717, 1.165) is 5.69 Å². The molecule has 0 atom stereocenters. The van der Waals surface area contributed by atoms with Crippen LogP contribution in [0, 0.1) is 34.6 Å². The fraction of sp³-hybridized carbons (Fsp3) is 0.417. The van der Waals surface area contributed by atoms with Crippen molar-refractivity contribution < 1.29 is 0 Å². The Morgan fingerprint density at radius 1 is 0.786 bits per heavy atom. The van der Waals surface area contributed by atoms with Gasteiger partial charge in [-0.15, -0.1) is 0 Å². The second kappa shape index (κ2) is 4.04. The highest BCUT2D eigenvalue weighted by atomic mass is 32.1. The lowest BCUT2D eigenvalue weighted by atomic mass is 9.93. The van der Waals surface area contributed by atoms with Crippen molar-refractivity contribution >= 4 is 23.1 Å². The second-order valence-corrected chi connectivity index (χ2v) is 3.86. The van der Waals surface area contributed by atoms with Gasteiger partial charge in [0.25, 0.3) is 0 Å². The minimum absolute atomic E-state index is 0.987. The van der Waals surface area contributed by atoms with Crippen molar-refractivity contribution in [2.24, 2.45) is 4.99 Å². The van der Waals surface area contributed by atoms with Crippen LogP contribution >= 0.6 is 12.2 Å². The second-order valence-electron chi connectivity index (χ2n) is 3.68. The van der Waals surface area contributed by atoms with E-state index in [1.165, 1.54) is 27.8 Å². The molecule has 2 heteroatoms. The summed E-state index contributed by atoms with van der Waals surface area (Å²) >= 11 is 4.66. The molecular weight excluding hydrogens is 190 g/mol. The molecule has 1 aromatic rings. The Hall–Kier alpha value is -0.980. The van der Waals surface area contributed by atoms with Crippen LogP contribution in [0.5, 0.6) is 0 Å². The van der Waals surface area contributed by atoms with Crippen molar-refractivity contribution in [1.82, 2.24) is 0 Å². The van der Waals surface area contributed by atoms with Gasteiger partial charge in [-0.25, -0.2) is 0 Å². The summed E-state index contributed by atoms with van der Waals surface area (Å²) in [5.74, 6) is 0. The first-order chi connectivity index (χ1) is 6.50. The number of aliphatic imine (C=N–C) groups is 1. The predicted octanol–water partition coefficient (Wildman–Crippen LogP) is 3.96. The summed E-state index contributed by atoms with van der Waals surface area (Å²) in [4.78, 5) is 4.13. The molecule has 0 fully saturated rings. The lowest BCUT2D eigenvalue weighted by Gasteiger charge is -2.14. The summed E-state index contributed by atoms with van der Waals surface area (Å²) in [5, 5.41) is 2.45. The number of benzene rings is 1. The van der Waals surface area contributed by atoms with Crippen LogP contribution in [0.15, 0.2) is 4.99 Å². The number of hydrogen-bond donors (Lipinski definition) is 0. The molecule has 0 aliphatic heterocycles. The van der Waals surface area contributed by atoms with E-state index >= 15 is 0 Å². The van der Waals surface area contributed by atoms with Crippen LogP contribution < -0.4 is 0 Å². The fourth-order valence-electron chi connectivity index (χ4n) is 1.69. The third-order valence-corrected chi connectivity index (χ3v) is 3.21. The summed E-state index contributed by atoms with van der Waals surface area (Å²) in [7, 11) is 0. The Morgan fingerprint density at radius 2 is 1.14 bits per heavy atom. The molecule has 0 saturated carbocycles. The summed E-state index contributed by atoms with van der Waals surface area (Å²) in [5.41, 5.74) is 7.36. The van der Waals surface area contributed by atoms with Crippen LogP contribution in [0.25, 0.3) is 0 Å². The Bertz CT molecular complexity index is 397. The molecule has 0 aliphatic rings. The third kappa shape index (κ3) is 1.63. The van der Waals surface area contributed by atoms with Gasteiger partial charge in [-0.2, -0.15) is 4.99 Å². The highest BCUT2D eigenvalue weighted by molar-refractivity contribution is 7.78. The quantitative estimate of drug-likeness (QED) is 0.499. The van der Waals surface area contributed by atoms with E-state index in [4.69, 9.17) is 0 Å². The molecule has 0 unspecified atom stereocenters. The van der Waals surface area contributed by atoms with Crippen LogP contribution in [0.3, 0.4) is 0 Å². The Kier molecular flexibility index (Phi) is 3.20. The SMILES string of the molecule is Cc1c(C)c(C)c(N=C=S)c(C)c1C. The molecular formula is C12H15NS. The molecule has 0 N–H and O–H groups in total. The number of rotatable bonds is 1. The average Bonchev–Trinajstić information content (AvgIpc) is 2.19. The number of hydrogen-bond acceptors (Lipinski definition) is 2. The Morgan fingerprint density at radius 3 is 1.50 bits per heavy atom. The third-order valence-electron chi connectivity index (χ3n) is 3.12. The first-order valence-corrected chi connectivity index (χ1v) is 5.06. The molecule has 0 spiro atoms. The molecule has 0 saturated heterocycles. The molecule has 74 valence electrons. The Balaban J connectivity index is 3.67. The van der Waals surface area contributed by atoms with Crippen LogP contribution in [-0.4, -0.2) is 5.16 Å². The Labute approximate surface area is 90.9 Å². The number of thiocarbonyl (C=S) groups is 1. The smallest absolute Gasteiger partial charge is 0.0803 e. The standard InChI is InChI=1S/C12H15NS/c1-7-8(2)10(4)12(13-6-14)11(5)9(7)3/h1-5H3. The van der Waals surface area contributed by atoms with Crippen molar-refractivity contribution in [2.45, 2.75) is 34.6 Å². The van der Waals surface area contributed by atoms with Gasteiger partial charge in [-0.1, -0.05) is 0 Å². The van der Waals surface area contributed by atoms with E-state index in [2.05, 4.69) is 57.0 Å². The first-order valence-electron chi connectivity index (χ1n) is 4.65. The molecule has 14 heavy (non-hydrogen) atoms. The van der Waals surface area contributed by atoms with Gasteiger partial charge in [0, 0.05) is 0 Å². The van der Waals surface area contributed by atoms with Gasteiger partial charge < -0.3 is 0 Å². The number of isothiocyanates is 1. The highest BCUT2D eigenvalue weighted by Crippen LogP contribution is 2.31. The van der Waals surface area contributed by atoms with Crippen LogP contribution in [0.2, 0.25) is 0 Å². The van der Waals surface area contributed by atoms with Gasteiger partial charge in [0.1, 0.15) is 0 Å². The summed E-state index contributed by atoms with van der Waals surface area (Å²) in [6.45, 7) is 10.6. The van der Waals surface area contributed by atoms with Crippen molar-refractivity contribution in [3.63, 3.8) is 0 Å². The maximum Gasteiger partial charge on any atom is 0.0803 e. The zero-order valence-electron chi connectivity index (χ0n) is 9.36. The van der Waals surface area contributed by atoms with Gasteiger partial charge in [-0.3, -0.25) is 0 Å².